The van der Waals surface area contributed by atoms with Crippen molar-refractivity contribution >= 4 is 11.7 Å². The Hall–Kier alpha value is -2.06. The molecule has 0 spiro atoms. The highest BCUT2D eigenvalue weighted by molar-refractivity contribution is 5.75. The fourth-order valence-electron chi connectivity index (χ4n) is 2.20. The summed E-state index contributed by atoms with van der Waals surface area (Å²) in [6.45, 7) is 1.82. The second kappa shape index (κ2) is 5.07. The number of piperazine rings is 1. The normalized spacial score (nSPS) is 20.4. The van der Waals surface area contributed by atoms with Crippen LogP contribution in [0, 0.1) is 11.3 Å². The van der Waals surface area contributed by atoms with Crippen LogP contribution in [0.15, 0.2) is 24.3 Å². The summed E-state index contributed by atoms with van der Waals surface area (Å²) < 4.78 is 0. The summed E-state index contributed by atoms with van der Waals surface area (Å²) in [6.07, 6.45) is 0. The standard InChI is InChI=1S/C13H15N3O2/c1-15-6-7-16(9-12(15)13(17)18)11-5-3-2-4-10(11)8-14/h2-5,12H,6-7,9H2,1H3,(H,17,18). The fraction of sp³-hybridized carbons (Fsp3) is 0.385. The topological polar surface area (TPSA) is 67.6 Å². The van der Waals surface area contributed by atoms with Gasteiger partial charge in [-0.15, -0.1) is 0 Å². The minimum absolute atomic E-state index is 0.407. The van der Waals surface area contributed by atoms with Gasteiger partial charge in [-0.2, -0.15) is 5.26 Å². The van der Waals surface area contributed by atoms with Crippen molar-refractivity contribution in [1.29, 1.82) is 5.26 Å². The Balaban J connectivity index is 2.25. The highest BCUT2D eigenvalue weighted by atomic mass is 16.4. The second-order valence-corrected chi connectivity index (χ2v) is 4.41. The van der Waals surface area contributed by atoms with E-state index in [2.05, 4.69) is 6.07 Å². The van der Waals surface area contributed by atoms with Gasteiger partial charge in [-0.3, -0.25) is 9.69 Å². The lowest BCUT2D eigenvalue weighted by Crippen LogP contribution is -2.55. The van der Waals surface area contributed by atoms with Crippen molar-refractivity contribution in [3.8, 4) is 6.07 Å². The summed E-state index contributed by atoms with van der Waals surface area (Å²) in [6, 6.07) is 8.92. The van der Waals surface area contributed by atoms with E-state index in [1.807, 2.05) is 35.0 Å². The van der Waals surface area contributed by atoms with Crippen LogP contribution in [-0.4, -0.2) is 48.7 Å². The van der Waals surface area contributed by atoms with E-state index in [0.717, 1.165) is 12.2 Å². The van der Waals surface area contributed by atoms with E-state index >= 15 is 0 Å². The van der Waals surface area contributed by atoms with Crippen LogP contribution >= 0.6 is 0 Å². The minimum atomic E-state index is -0.823. The predicted molar refractivity (Wildman–Crippen MR) is 67.4 cm³/mol. The van der Waals surface area contributed by atoms with E-state index in [4.69, 9.17) is 10.4 Å². The zero-order valence-electron chi connectivity index (χ0n) is 10.2. The van der Waals surface area contributed by atoms with Crippen LogP contribution in [0.5, 0.6) is 0 Å². The molecule has 5 heteroatoms. The number of likely N-dealkylation sites (N-methyl/N-ethyl adjacent to an activating group) is 1. The van der Waals surface area contributed by atoms with Crippen LogP contribution in [0.1, 0.15) is 5.56 Å². The molecule has 1 aromatic carbocycles. The SMILES string of the molecule is CN1CCN(c2ccccc2C#N)CC1C(=O)O. The number of nitrogens with zero attached hydrogens (tertiary/aromatic N) is 3. The predicted octanol–water partition coefficient (Wildman–Crippen LogP) is 0.763. The van der Waals surface area contributed by atoms with Crippen molar-refractivity contribution in [2.75, 3.05) is 31.6 Å². The summed E-state index contributed by atoms with van der Waals surface area (Å²) in [5, 5.41) is 18.2. The van der Waals surface area contributed by atoms with Crippen molar-refractivity contribution in [3.63, 3.8) is 0 Å². The van der Waals surface area contributed by atoms with Crippen LogP contribution in [-0.2, 0) is 4.79 Å². The van der Waals surface area contributed by atoms with E-state index in [1.165, 1.54) is 0 Å². The number of carboxylic acid groups (broad SMARTS) is 1. The summed E-state index contributed by atoms with van der Waals surface area (Å²) in [4.78, 5) is 15.0. The lowest BCUT2D eigenvalue weighted by molar-refractivity contribution is -0.142. The number of hydrogen-bond acceptors (Lipinski definition) is 4. The van der Waals surface area contributed by atoms with Gasteiger partial charge in [-0.05, 0) is 19.2 Å². The molecule has 94 valence electrons. The fourth-order valence-corrected chi connectivity index (χ4v) is 2.20. The van der Waals surface area contributed by atoms with Gasteiger partial charge in [-0.1, -0.05) is 12.1 Å². The Morgan fingerprint density at radius 3 is 2.83 bits per heavy atom. The molecule has 0 bridgehead atoms. The number of hydrogen-bond donors (Lipinski definition) is 1. The molecule has 1 saturated heterocycles. The molecule has 1 unspecified atom stereocenters. The number of carboxylic acids is 1. The Bertz CT molecular complexity index is 495. The van der Waals surface area contributed by atoms with Crippen molar-refractivity contribution in [2.45, 2.75) is 6.04 Å². The van der Waals surface area contributed by atoms with Crippen molar-refractivity contribution < 1.29 is 9.90 Å². The van der Waals surface area contributed by atoms with Crippen LogP contribution in [0.25, 0.3) is 0 Å². The Morgan fingerprint density at radius 1 is 1.44 bits per heavy atom. The van der Waals surface area contributed by atoms with E-state index in [1.54, 1.807) is 6.07 Å². The number of nitriles is 1. The lowest BCUT2D eigenvalue weighted by atomic mass is 10.1. The molecule has 1 atom stereocenters. The molecule has 1 fully saturated rings. The highest BCUT2D eigenvalue weighted by Gasteiger charge is 2.30. The quantitative estimate of drug-likeness (QED) is 0.833. The number of benzene rings is 1. The van der Waals surface area contributed by atoms with Crippen molar-refractivity contribution in [1.82, 2.24) is 4.90 Å². The van der Waals surface area contributed by atoms with Gasteiger partial charge in [0.05, 0.1) is 11.3 Å². The third kappa shape index (κ3) is 2.29. The van der Waals surface area contributed by atoms with E-state index in [0.29, 0.717) is 18.7 Å². The van der Waals surface area contributed by atoms with Crippen molar-refractivity contribution in [3.05, 3.63) is 29.8 Å². The molecule has 0 saturated carbocycles. The molecule has 1 N–H and O–H groups in total. The third-order valence-electron chi connectivity index (χ3n) is 3.30. The first kappa shape index (κ1) is 12.4. The van der Waals surface area contributed by atoms with E-state index in [9.17, 15) is 4.79 Å². The third-order valence-corrected chi connectivity index (χ3v) is 3.30. The van der Waals surface area contributed by atoms with Crippen LogP contribution in [0.2, 0.25) is 0 Å². The Morgan fingerprint density at radius 2 is 2.17 bits per heavy atom. The molecule has 1 heterocycles. The number of para-hydroxylation sites is 1. The number of rotatable bonds is 2. The first-order chi connectivity index (χ1) is 8.63. The van der Waals surface area contributed by atoms with Gasteiger partial charge in [0, 0.05) is 19.6 Å². The average molecular weight is 245 g/mol. The first-order valence-electron chi connectivity index (χ1n) is 5.80. The van der Waals surface area contributed by atoms with E-state index in [-0.39, 0.29) is 0 Å². The van der Waals surface area contributed by atoms with E-state index < -0.39 is 12.0 Å². The van der Waals surface area contributed by atoms with Gasteiger partial charge in [0.2, 0.25) is 0 Å². The number of anilines is 1. The molecule has 0 amide bonds. The lowest BCUT2D eigenvalue weighted by Gasteiger charge is -2.38. The summed E-state index contributed by atoms with van der Waals surface area (Å²) in [7, 11) is 1.81. The van der Waals surface area contributed by atoms with Gasteiger partial charge in [0.25, 0.3) is 0 Å². The molecule has 2 rings (SSSR count). The van der Waals surface area contributed by atoms with Crippen molar-refractivity contribution in [2.24, 2.45) is 0 Å². The molecule has 1 aliphatic heterocycles. The maximum absolute atomic E-state index is 11.2. The molecule has 1 aliphatic rings. The maximum atomic E-state index is 11.2. The van der Waals surface area contributed by atoms with Crippen LogP contribution in [0.4, 0.5) is 5.69 Å². The number of aliphatic carboxylic acids is 1. The summed E-state index contributed by atoms with van der Waals surface area (Å²) >= 11 is 0. The zero-order chi connectivity index (χ0) is 13.1. The van der Waals surface area contributed by atoms with Gasteiger partial charge < -0.3 is 10.0 Å². The Labute approximate surface area is 106 Å². The molecule has 1 aromatic rings. The average Bonchev–Trinajstić information content (AvgIpc) is 2.39. The summed E-state index contributed by atoms with van der Waals surface area (Å²) in [5.41, 5.74) is 1.41. The minimum Gasteiger partial charge on any atom is -0.480 e. The van der Waals surface area contributed by atoms with Gasteiger partial charge in [0.1, 0.15) is 12.1 Å². The highest BCUT2D eigenvalue weighted by Crippen LogP contribution is 2.22. The molecule has 5 nitrogen and oxygen atoms in total. The first-order valence-corrected chi connectivity index (χ1v) is 5.80. The monoisotopic (exact) mass is 245 g/mol. The van der Waals surface area contributed by atoms with Gasteiger partial charge in [0.15, 0.2) is 0 Å². The summed E-state index contributed by atoms with van der Waals surface area (Å²) in [5.74, 6) is -0.823. The number of carbonyl (C=O) groups is 1. The molecule has 0 aliphatic carbocycles. The molecular formula is C13H15N3O2. The van der Waals surface area contributed by atoms with Gasteiger partial charge in [-0.25, -0.2) is 0 Å². The molecule has 18 heavy (non-hydrogen) atoms. The molecule has 0 aromatic heterocycles. The Kier molecular flexibility index (Phi) is 3.49. The van der Waals surface area contributed by atoms with Crippen LogP contribution < -0.4 is 4.90 Å². The largest absolute Gasteiger partial charge is 0.480 e. The molecule has 0 radical (unpaired) electrons. The van der Waals surface area contributed by atoms with Crippen LogP contribution in [0.3, 0.4) is 0 Å². The smallest absolute Gasteiger partial charge is 0.322 e. The van der Waals surface area contributed by atoms with Gasteiger partial charge >= 0.3 is 5.97 Å². The second-order valence-electron chi connectivity index (χ2n) is 4.41. The maximum Gasteiger partial charge on any atom is 0.322 e. The molecular weight excluding hydrogens is 230 g/mol. The zero-order valence-corrected chi connectivity index (χ0v) is 10.2.